The second kappa shape index (κ2) is 6.03. The molecule has 0 bridgehead atoms. The van der Waals surface area contributed by atoms with Crippen molar-refractivity contribution in [3.63, 3.8) is 0 Å². The molecule has 0 amide bonds. The van der Waals surface area contributed by atoms with Crippen LogP contribution in [0.15, 0.2) is 11.6 Å². The quantitative estimate of drug-likeness (QED) is 0.524. The van der Waals surface area contributed by atoms with Crippen LogP contribution in [0.1, 0.15) is 65.7 Å². The Morgan fingerprint density at radius 2 is 1.96 bits per heavy atom. The number of Topliss-reactive ketones (excluding diaryl/α,β-unsaturated/α-hetero) is 1. The minimum Gasteiger partial charge on any atom is -0.299 e. The fourth-order valence-electron chi connectivity index (χ4n) is 5.83. The zero-order valence-electron chi connectivity index (χ0n) is 16.2. The molecule has 0 aromatic rings. The molecule has 3 rings (SSSR count). The molecule has 3 aliphatic rings. The number of nitrogens with zero attached hydrogens (tertiary/aromatic N) is 1. The zero-order valence-corrected chi connectivity index (χ0v) is 16.2. The predicted molar refractivity (Wildman–Crippen MR) is 99.6 cm³/mol. The van der Waals surface area contributed by atoms with Crippen molar-refractivity contribution < 1.29 is 4.79 Å². The zero-order chi connectivity index (χ0) is 17.6. The Kier molecular flexibility index (Phi) is 4.45. The van der Waals surface area contributed by atoms with Gasteiger partial charge in [0.25, 0.3) is 0 Å². The molecule has 0 aromatic heterocycles. The van der Waals surface area contributed by atoms with Crippen molar-refractivity contribution in [2.75, 3.05) is 20.6 Å². The third-order valence-corrected chi connectivity index (χ3v) is 7.10. The molecule has 3 atom stereocenters. The van der Waals surface area contributed by atoms with Crippen molar-refractivity contribution in [2.24, 2.45) is 22.2 Å². The number of allylic oxidation sites excluding steroid dienone is 2. The van der Waals surface area contributed by atoms with E-state index in [0.29, 0.717) is 11.7 Å². The lowest BCUT2D eigenvalue weighted by Crippen LogP contribution is -2.54. The molecule has 1 unspecified atom stereocenters. The average molecular weight is 328 g/mol. The number of carbonyl (C=O) groups excluding carboxylic acids is 1. The first-order valence-electron chi connectivity index (χ1n) is 9.62. The van der Waals surface area contributed by atoms with Crippen molar-refractivity contribution in [3.05, 3.63) is 11.6 Å². The maximum Gasteiger partial charge on any atom is 0.138 e. The molecule has 3 aliphatic carbocycles. The number of hydrogen-bond acceptors (Lipinski definition) is 2. The summed E-state index contributed by atoms with van der Waals surface area (Å²) in [7, 11) is 4.16. The van der Waals surface area contributed by atoms with Gasteiger partial charge in [-0.2, -0.15) is 0 Å². The van der Waals surface area contributed by atoms with Gasteiger partial charge in [-0.3, -0.25) is 9.69 Å². The first kappa shape index (κ1) is 17.7. The number of rotatable bonds is 1. The average Bonchev–Trinajstić information content (AvgIpc) is 2.51. The number of fused-ring (bicyclic) bond motifs is 3. The summed E-state index contributed by atoms with van der Waals surface area (Å²) in [6, 6.07) is 0. The van der Waals surface area contributed by atoms with Gasteiger partial charge in [-0.1, -0.05) is 38.7 Å². The van der Waals surface area contributed by atoms with Crippen LogP contribution < -0.4 is 0 Å². The van der Waals surface area contributed by atoms with E-state index in [0.717, 1.165) is 32.2 Å². The molecular formula is C22H33NO. The van der Waals surface area contributed by atoms with Crippen molar-refractivity contribution in [3.8, 4) is 11.8 Å². The van der Waals surface area contributed by atoms with Crippen LogP contribution in [0, 0.1) is 34.0 Å². The number of carbonyl (C=O) groups is 1. The molecule has 132 valence electrons. The molecule has 2 heteroatoms. The second-order valence-corrected chi connectivity index (χ2v) is 9.29. The smallest absolute Gasteiger partial charge is 0.138 e. The fourth-order valence-corrected chi connectivity index (χ4v) is 5.83. The second-order valence-electron chi connectivity index (χ2n) is 9.29. The standard InChI is InChI=1S/C22H33NO/c1-20(2)17-10-15-22(13-8-16-23(4)5)12-7-6-9-18(22)21(17,3)14-11-19(20)24/h9,17H,6-7,10-12,14-16H2,1-5H3/t17?,21-,22-/m0/s1. The maximum atomic E-state index is 12.5. The van der Waals surface area contributed by atoms with Gasteiger partial charge in [-0.05, 0) is 69.5 Å². The van der Waals surface area contributed by atoms with Gasteiger partial charge in [0.15, 0.2) is 0 Å². The van der Waals surface area contributed by atoms with Crippen LogP contribution in [-0.2, 0) is 4.79 Å². The van der Waals surface area contributed by atoms with Crippen molar-refractivity contribution in [2.45, 2.75) is 65.7 Å². The van der Waals surface area contributed by atoms with E-state index in [9.17, 15) is 4.79 Å². The highest BCUT2D eigenvalue weighted by molar-refractivity contribution is 5.85. The van der Waals surface area contributed by atoms with Crippen LogP contribution in [0.3, 0.4) is 0 Å². The molecule has 0 N–H and O–H groups in total. The van der Waals surface area contributed by atoms with Crippen LogP contribution in [0.4, 0.5) is 0 Å². The van der Waals surface area contributed by atoms with Crippen LogP contribution in [0.5, 0.6) is 0 Å². The number of hydrogen-bond donors (Lipinski definition) is 0. The normalized spacial score (nSPS) is 37.8. The molecule has 2 nitrogen and oxygen atoms in total. The van der Waals surface area contributed by atoms with E-state index < -0.39 is 0 Å². The maximum absolute atomic E-state index is 12.5. The largest absolute Gasteiger partial charge is 0.299 e. The van der Waals surface area contributed by atoms with Crippen LogP contribution in [0.2, 0.25) is 0 Å². The van der Waals surface area contributed by atoms with E-state index in [2.05, 4.69) is 57.7 Å². The van der Waals surface area contributed by atoms with Gasteiger partial charge >= 0.3 is 0 Å². The molecule has 2 fully saturated rings. The highest BCUT2D eigenvalue weighted by Gasteiger charge is 2.59. The Balaban J connectivity index is 2.01. The van der Waals surface area contributed by atoms with E-state index in [1.807, 2.05) is 0 Å². The summed E-state index contributed by atoms with van der Waals surface area (Å²) in [6.45, 7) is 7.64. The van der Waals surface area contributed by atoms with Gasteiger partial charge in [0.05, 0.1) is 12.0 Å². The lowest BCUT2D eigenvalue weighted by molar-refractivity contribution is -0.141. The fraction of sp³-hybridized carbons (Fsp3) is 0.773. The Bertz CT molecular complexity index is 618. The molecule has 2 saturated carbocycles. The van der Waals surface area contributed by atoms with Crippen molar-refractivity contribution >= 4 is 5.78 Å². The van der Waals surface area contributed by atoms with Crippen molar-refractivity contribution in [1.29, 1.82) is 0 Å². The highest BCUT2D eigenvalue weighted by atomic mass is 16.1. The van der Waals surface area contributed by atoms with Gasteiger partial charge in [0.2, 0.25) is 0 Å². The summed E-state index contributed by atoms with van der Waals surface area (Å²) in [6.07, 6.45) is 10.2. The monoisotopic (exact) mass is 327 g/mol. The molecule has 0 aliphatic heterocycles. The molecule has 0 heterocycles. The van der Waals surface area contributed by atoms with Crippen LogP contribution in [-0.4, -0.2) is 31.3 Å². The van der Waals surface area contributed by atoms with Gasteiger partial charge < -0.3 is 0 Å². The molecule has 0 radical (unpaired) electrons. The van der Waals surface area contributed by atoms with E-state index in [1.54, 1.807) is 5.57 Å². The summed E-state index contributed by atoms with van der Waals surface area (Å²) in [5.41, 5.74) is 1.64. The van der Waals surface area contributed by atoms with Gasteiger partial charge in [-0.15, -0.1) is 0 Å². The summed E-state index contributed by atoms with van der Waals surface area (Å²) in [5.74, 6) is 8.11. The Labute approximate surface area is 148 Å². The van der Waals surface area contributed by atoms with Crippen molar-refractivity contribution in [1.82, 2.24) is 4.90 Å². The van der Waals surface area contributed by atoms with Gasteiger partial charge in [0, 0.05) is 11.8 Å². The summed E-state index contributed by atoms with van der Waals surface area (Å²) >= 11 is 0. The van der Waals surface area contributed by atoms with Gasteiger partial charge in [-0.25, -0.2) is 0 Å². The summed E-state index contributed by atoms with van der Waals surface area (Å²) < 4.78 is 0. The summed E-state index contributed by atoms with van der Waals surface area (Å²) in [5, 5.41) is 0. The Hall–Kier alpha value is -1.07. The minimum absolute atomic E-state index is 0.0793. The van der Waals surface area contributed by atoms with E-state index in [4.69, 9.17) is 0 Å². The summed E-state index contributed by atoms with van der Waals surface area (Å²) in [4.78, 5) is 14.7. The molecule has 0 saturated heterocycles. The Morgan fingerprint density at radius 3 is 2.67 bits per heavy atom. The predicted octanol–water partition coefficient (Wildman–Crippen LogP) is 4.45. The van der Waals surface area contributed by atoms with E-state index in [-0.39, 0.29) is 16.2 Å². The lowest BCUT2D eigenvalue weighted by atomic mass is 9.44. The highest BCUT2D eigenvalue weighted by Crippen LogP contribution is 2.65. The van der Waals surface area contributed by atoms with Crippen LogP contribution >= 0.6 is 0 Å². The molecule has 0 spiro atoms. The topological polar surface area (TPSA) is 20.3 Å². The van der Waals surface area contributed by atoms with E-state index >= 15 is 0 Å². The minimum atomic E-state index is -0.186. The molecular weight excluding hydrogens is 294 g/mol. The first-order chi connectivity index (χ1) is 11.2. The van der Waals surface area contributed by atoms with Crippen LogP contribution in [0.25, 0.3) is 0 Å². The molecule has 0 aromatic carbocycles. The van der Waals surface area contributed by atoms with E-state index in [1.165, 1.54) is 19.3 Å². The number of ketones is 1. The Morgan fingerprint density at radius 1 is 1.21 bits per heavy atom. The lowest BCUT2D eigenvalue weighted by Gasteiger charge is -2.59. The third kappa shape index (κ3) is 2.66. The first-order valence-corrected chi connectivity index (χ1v) is 9.62. The molecule has 24 heavy (non-hydrogen) atoms. The third-order valence-electron chi connectivity index (χ3n) is 7.10. The SMILES string of the molecule is CN(C)CC#C[C@]12CCCC=C1[C@@]1(C)CCC(=O)C(C)(C)C1CC2. The van der Waals surface area contributed by atoms with Gasteiger partial charge in [0.1, 0.15) is 5.78 Å².